The van der Waals surface area contributed by atoms with Crippen LogP contribution in [-0.2, 0) is 0 Å². The Kier molecular flexibility index (Phi) is 1.69. The smallest absolute Gasteiger partial charge is 0.169 e. The topological polar surface area (TPSA) is 15.8 Å². The molecule has 0 aromatic carbocycles. The van der Waals surface area contributed by atoms with E-state index in [2.05, 4.69) is 4.37 Å². The van der Waals surface area contributed by atoms with Crippen LogP contribution in [0.1, 0.15) is 0 Å². The molecule has 1 aromatic rings. The molecule has 0 amide bonds. The molecule has 0 saturated carbocycles. The molecule has 0 saturated heterocycles. The number of rotatable bonds is 0. The highest BCUT2D eigenvalue weighted by Crippen LogP contribution is 2.05. The van der Waals surface area contributed by atoms with Crippen LogP contribution in [0.2, 0.25) is 0 Å². The van der Waals surface area contributed by atoms with Crippen molar-refractivity contribution in [2.24, 2.45) is 0 Å². The average molecular weight is 167 g/mol. The van der Waals surface area contributed by atoms with E-state index in [4.69, 9.17) is 24.4 Å². The van der Waals surface area contributed by atoms with Gasteiger partial charge in [-0.3, -0.25) is 4.37 Å². The average Bonchev–Trinajstić information content (AvgIpc) is 1.87. The molecule has 0 aliphatic rings. The third kappa shape index (κ3) is 1.41. The summed E-state index contributed by atoms with van der Waals surface area (Å²) in [5.41, 5.74) is 0. The van der Waals surface area contributed by atoms with Gasteiger partial charge in [0.2, 0.25) is 0 Å². The molecular formula is C2HNS4. The largest absolute Gasteiger partial charge is 0.292 e. The van der Waals surface area contributed by atoms with Gasteiger partial charge in [0.05, 0.1) is 0 Å². The molecule has 0 aliphatic carbocycles. The first-order chi connectivity index (χ1) is 3.29. The first-order valence-electron chi connectivity index (χ1n) is 1.47. The summed E-state index contributed by atoms with van der Waals surface area (Å²) < 4.78 is 4.48. The fourth-order valence-electron chi connectivity index (χ4n) is 0.201. The Balaban J connectivity index is 3.59. The lowest BCUT2D eigenvalue weighted by atomic mass is 11.7. The first kappa shape index (κ1) is 5.55. The highest BCUT2D eigenvalue weighted by atomic mass is 32.2. The van der Waals surface area contributed by atoms with Crippen molar-refractivity contribution in [2.45, 2.75) is 0 Å². The molecule has 1 N–H and O–H groups in total. The number of hydrogen-bond acceptors (Lipinski definition) is 4. The lowest BCUT2D eigenvalue weighted by molar-refractivity contribution is 1.60. The zero-order valence-corrected chi connectivity index (χ0v) is 6.40. The van der Waals surface area contributed by atoms with Crippen LogP contribution >= 0.6 is 47.3 Å². The van der Waals surface area contributed by atoms with E-state index in [1.54, 1.807) is 0 Å². The van der Waals surface area contributed by atoms with Crippen LogP contribution in [0.5, 0.6) is 0 Å². The van der Waals surface area contributed by atoms with E-state index >= 15 is 0 Å². The summed E-state index contributed by atoms with van der Waals surface area (Å²) in [7, 11) is 0. The van der Waals surface area contributed by atoms with E-state index in [0.717, 1.165) is 7.09 Å². The van der Waals surface area contributed by atoms with Crippen molar-refractivity contribution in [2.75, 3.05) is 0 Å². The summed E-state index contributed by atoms with van der Waals surface area (Å²) in [5.74, 6) is 0. The summed E-state index contributed by atoms with van der Waals surface area (Å²) in [6, 6.07) is 0. The van der Waals surface area contributed by atoms with Crippen LogP contribution < -0.4 is 0 Å². The van der Waals surface area contributed by atoms with Crippen molar-refractivity contribution in [1.82, 2.24) is 4.37 Å². The molecule has 1 nitrogen and oxygen atoms in total. The molecule has 0 bridgehead atoms. The van der Waals surface area contributed by atoms with Gasteiger partial charge < -0.3 is 0 Å². The third-order valence-electron chi connectivity index (χ3n) is 0.394. The molecule has 7 heavy (non-hydrogen) atoms. The predicted molar refractivity (Wildman–Crippen MR) is 38.2 cm³/mol. The second-order valence-corrected chi connectivity index (χ2v) is 4.53. The van der Waals surface area contributed by atoms with E-state index < -0.39 is 0 Å². The Morgan fingerprint density at radius 2 is 2.14 bits per heavy atom. The standard InChI is InChI=1S/C2HNS4/c4-1-3-7-2(5)6-1/h(H,3,4). The Labute approximate surface area is 58.8 Å². The monoisotopic (exact) mass is 167 g/mol. The Bertz CT molecular complexity index is 214. The second-order valence-electron chi connectivity index (χ2n) is 0.844. The summed E-state index contributed by atoms with van der Waals surface area (Å²) in [5, 5.41) is 0. The van der Waals surface area contributed by atoms with Crippen LogP contribution in [0, 0.1) is 7.09 Å². The van der Waals surface area contributed by atoms with Gasteiger partial charge in [0, 0.05) is 0 Å². The number of H-pyrrole nitrogens is 1. The predicted octanol–water partition coefficient (Wildman–Crippen LogP) is 2.60. The molecule has 0 unspecified atom stereocenters. The number of hydrogen-bond donors (Lipinski definition) is 1. The first-order valence-corrected chi connectivity index (χ1v) is 3.92. The SMILES string of the molecule is S=c1[nH]sc(=S)s1. The van der Waals surface area contributed by atoms with E-state index in [1.165, 1.54) is 22.9 Å². The number of aromatic amines is 1. The van der Waals surface area contributed by atoms with Crippen LogP contribution in [0.4, 0.5) is 0 Å². The summed E-state index contributed by atoms with van der Waals surface area (Å²) >= 11 is 12.4. The van der Waals surface area contributed by atoms with Crippen molar-refractivity contribution < 1.29 is 0 Å². The fourth-order valence-corrected chi connectivity index (χ4v) is 2.42. The van der Waals surface area contributed by atoms with Crippen molar-refractivity contribution in [3.63, 3.8) is 0 Å². The van der Waals surface area contributed by atoms with Crippen molar-refractivity contribution in [3.8, 4) is 0 Å². The van der Waals surface area contributed by atoms with Gasteiger partial charge in [0.1, 0.15) is 0 Å². The third-order valence-corrected chi connectivity index (χ3v) is 2.93. The van der Waals surface area contributed by atoms with Gasteiger partial charge in [-0.1, -0.05) is 23.6 Å². The Hall–Kier alpha value is 0.420. The Morgan fingerprint density at radius 1 is 1.43 bits per heavy atom. The number of nitrogens with one attached hydrogen (secondary N) is 1. The molecule has 5 heteroatoms. The quantitative estimate of drug-likeness (QED) is 0.598. The van der Waals surface area contributed by atoms with Gasteiger partial charge in [-0.15, -0.1) is 0 Å². The second kappa shape index (κ2) is 2.13. The minimum Gasteiger partial charge on any atom is -0.292 e. The van der Waals surface area contributed by atoms with Crippen LogP contribution in [-0.4, -0.2) is 4.37 Å². The zero-order valence-electron chi connectivity index (χ0n) is 3.13. The van der Waals surface area contributed by atoms with Gasteiger partial charge in [-0.25, -0.2) is 0 Å². The Morgan fingerprint density at radius 3 is 2.29 bits per heavy atom. The van der Waals surface area contributed by atoms with Gasteiger partial charge >= 0.3 is 0 Å². The highest BCUT2D eigenvalue weighted by molar-refractivity contribution is 7.78. The molecule has 0 aliphatic heterocycles. The van der Waals surface area contributed by atoms with E-state index in [-0.39, 0.29) is 0 Å². The van der Waals surface area contributed by atoms with E-state index in [1.807, 2.05) is 0 Å². The summed E-state index contributed by atoms with van der Waals surface area (Å²) in [4.78, 5) is 0. The van der Waals surface area contributed by atoms with Gasteiger partial charge in [0.15, 0.2) is 7.09 Å². The minimum absolute atomic E-state index is 0.773. The van der Waals surface area contributed by atoms with Crippen molar-refractivity contribution in [1.29, 1.82) is 0 Å². The number of aromatic nitrogens is 1. The molecule has 0 fully saturated rings. The maximum Gasteiger partial charge on any atom is 0.169 e. The van der Waals surface area contributed by atoms with Crippen molar-refractivity contribution in [3.05, 3.63) is 7.09 Å². The molecule has 1 aromatic heterocycles. The molecule has 1 rings (SSSR count). The molecular weight excluding hydrogens is 166 g/mol. The lowest BCUT2D eigenvalue weighted by Crippen LogP contribution is -1.39. The summed E-state index contributed by atoms with van der Waals surface area (Å²) in [6.45, 7) is 0. The van der Waals surface area contributed by atoms with Gasteiger partial charge in [0.25, 0.3) is 0 Å². The lowest BCUT2D eigenvalue weighted by Gasteiger charge is -1.51. The van der Waals surface area contributed by atoms with Crippen LogP contribution in [0.25, 0.3) is 0 Å². The molecule has 38 valence electrons. The zero-order chi connectivity index (χ0) is 5.28. The molecule has 0 spiro atoms. The van der Waals surface area contributed by atoms with Gasteiger partial charge in [-0.05, 0) is 23.8 Å². The molecule has 1 heterocycles. The van der Waals surface area contributed by atoms with E-state index in [9.17, 15) is 0 Å². The fraction of sp³-hybridized carbons (Fsp3) is 0. The minimum atomic E-state index is 0.773. The molecule has 0 atom stereocenters. The van der Waals surface area contributed by atoms with Crippen LogP contribution in [0.15, 0.2) is 0 Å². The maximum absolute atomic E-state index is 4.77. The summed E-state index contributed by atoms with van der Waals surface area (Å²) in [6.07, 6.45) is 0. The van der Waals surface area contributed by atoms with Gasteiger partial charge in [-0.2, -0.15) is 0 Å². The highest BCUT2D eigenvalue weighted by Gasteiger charge is 1.77. The van der Waals surface area contributed by atoms with E-state index in [0.29, 0.717) is 0 Å². The molecule has 0 radical (unpaired) electrons. The van der Waals surface area contributed by atoms with Crippen LogP contribution in [0.3, 0.4) is 0 Å². The maximum atomic E-state index is 4.77. The normalized spacial score (nSPS) is 9.14. The van der Waals surface area contributed by atoms with Crippen molar-refractivity contribution >= 4 is 47.3 Å².